The van der Waals surface area contributed by atoms with Crippen molar-refractivity contribution in [2.75, 3.05) is 18.5 Å². The molecule has 5 rings (SSSR count). The minimum Gasteiger partial charge on any atom is -0.450 e. The number of amides is 2. The van der Waals surface area contributed by atoms with Crippen molar-refractivity contribution in [1.82, 2.24) is 14.0 Å². The number of anilines is 1. The van der Waals surface area contributed by atoms with Crippen LogP contribution in [0.15, 0.2) is 64.2 Å². The Kier molecular flexibility index (Phi) is 6.66. The van der Waals surface area contributed by atoms with Gasteiger partial charge < -0.3 is 15.0 Å². The Balaban J connectivity index is 1.63. The average molecular weight is 519 g/mol. The van der Waals surface area contributed by atoms with Gasteiger partial charge in [-0.3, -0.25) is 14.2 Å². The van der Waals surface area contributed by atoms with E-state index in [2.05, 4.69) is 5.32 Å². The summed E-state index contributed by atoms with van der Waals surface area (Å²) < 4.78 is 7.62. The predicted octanol–water partition coefficient (Wildman–Crippen LogP) is 3.68. The monoisotopic (exact) mass is 518 g/mol. The second-order valence-electron chi connectivity index (χ2n) is 8.82. The van der Waals surface area contributed by atoms with Crippen LogP contribution >= 0.6 is 11.3 Å². The largest absolute Gasteiger partial charge is 0.450 e. The highest BCUT2D eigenvalue weighted by Gasteiger charge is 2.29. The van der Waals surface area contributed by atoms with Crippen LogP contribution in [0.1, 0.15) is 22.9 Å². The first-order chi connectivity index (χ1) is 17.9. The maximum Gasteiger partial charge on any atom is 0.410 e. The van der Waals surface area contributed by atoms with Crippen LogP contribution in [-0.2, 0) is 29.0 Å². The van der Waals surface area contributed by atoms with Crippen LogP contribution in [0.3, 0.4) is 0 Å². The molecule has 1 N–H and O–H groups in total. The molecule has 3 heterocycles. The van der Waals surface area contributed by atoms with Gasteiger partial charge in [0.05, 0.1) is 24.2 Å². The van der Waals surface area contributed by atoms with Gasteiger partial charge in [0.1, 0.15) is 11.4 Å². The highest BCUT2D eigenvalue weighted by molar-refractivity contribution is 7.18. The van der Waals surface area contributed by atoms with Crippen LogP contribution in [0.2, 0.25) is 0 Å². The number of para-hydroxylation sites is 1. The molecule has 0 aliphatic carbocycles. The molecule has 0 fully saturated rings. The van der Waals surface area contributed by atoms with Gasteiger partial charge in [-0.2, -0.15) is 0 Å². The smallest absolute Gasteiger partial charge is 0.410 e. The number of carbonyl (C=O) groups excluding carboxylic acids is 2. The number of thiophene rings is 1. The van der Waals surface area contributed by atoms with Crippen molar-refractivity contribution in [3.8, 4) is 5.69 Å². The number of nitrogens with one attached hydrogen (secondary N) is 1. The van der Waals surface area contributed by atoms with E-state index in [0.29, 0.717) is 34.6 Å². The van der Waals surface area contributed by atoms with Crippen LogP contribution in [-0.4, -0.2) is 39.2 Å². The second-order valence-corrected chi connectivity index (χ2v) is 9.90. The molecule has 2 aromatic carbocycles. The summed E-state index contributed by atoms with van der Waals surface area (Å²) in [5, 5.41) is 3.26. The third-order valence-electron chi connectivity index (χ3n) is 6.27. The molecule has 9 nitrogen and oxygen atoms in total. The van der Waals surface area contributed by atoms with E-state index in [1.165, 1.54) is 15.9 Å². The lowest BCUT2D eigenvalue weighted by molar-refractivity contribution is -0.116. The Morgan fingerprint density at radius 1 is 1.08 bits per heavy atom. The van der Waals surface area contributed by atoms with Gasteiger partial charge in [-0.05, 0) is 55.7 Å². The summed E-state index contributed by atoms with van der Waals surface area (Å²) in [6.45, 7) is 4.36. The Bertz CT molecular complexity index is 1620. The zero-order chi connectivity index (χ0) is 26.1. The molecule has 0 unspecified atom stereocenters. The van der Waals surface area contributed by atoms with Crippen molar-refractivity contribution in [3.63, 3.8) is 0 Å². The number of benzene rings is 2. The van der Waals surface area contributed by atoms with Gasteiger partial charge in [-0.1, -0.05) is 30.3 Å². The molecule has 0 radical (unpaired) electrons. The van der Waals surface area contributed by atoms with Crippen molar-refractivity contribution in [2.24, 2.45) is 0 Å². The lowest BCUT2D eigenvalue weighted by Crippen LogP contribution is -2.41. The zero-order valence-electron chi connectivity index (χ0n) is 20.5. The van der Waals surface area contributed by atoms with Gasteiger partial charge in [0.25, 0.3) is 5.56 Å². The Hall–Kier alpha value is -4.18. The molecule has 2 amide bonds. The summed E-state index contributed by atoms with van der Waals surface area (Å²) in [5.74, 6) is -0.383. The Labute approximate surface area is 216 Å². The lowest BCUT2D eigenvalue weighted by Gasteiger charge is -2.25. The third kappa shape index (κ3) is 4.67. The number of fused-ring (bicyclic) bond motifs is 3. The highest BCUT2D eigenvalue weighted by Crippen LogP contribution is 2.33. The van der Waals surface area contributed by atoms with Gasteiger partial charge in [0.15, 0.2) is 0 Å². The van der Waals surface area contributed by atoms with Crippen LogP contribution in [0.25, 0.3) is 15.9 Å². The molecule has 0 bridgehead atoms. The normalized spacial score (nSPS) is 12.9. The standard InChI is InChI=1S/C27H26N4O5S/c1-3-36-27(35)29-13-12-20-21(15-29)37-25-23(20)24(33)31(19-10-5-4-6-11-19)26(34)30(25)16-22(32)28-18-9-7-8-17(2)14-18/h4-11,14H,3,12-13,15-16H2,1-2H3,(H,28,32). The molecule has 0 atom stereocenters. The van der Waals surface area contributed by atoms with E-state index in [4.69, 9.17) is 4.74 Å². The number of rotatable bonds is 5. The van der Waals surface area contributed by atoms with E-state index in [-0.39, 0.29) is 25.6 Å². The fourth-order valence-corrected chi connectivity index (χ4v) is 5.93. The van der Waals surface area contributed by atoms with Crippen molar-refractivity contribution in [2.45, 2.75) is 33.4 Å². The SMILES string of the molecule is CCOC(=O)N1CCc2c(sc3c2c(=O)n(-c2ccccc2)c(=O)n3CC(=O)Nc2cccc(C)c2)C1. The molecule has 0 spiro atoms. The van der Waals surface area contributed by atoms with Gasteiger partial charge in [-0.15, -0.1) is 11.3 Å². The fraction of sp³-hybridized carbons (Fsp3) is 0.259. The Morgan fingerprint density at radius 3 is 2.59 bits per heavy atom. The molecule has 2 aromatic heterocycles. The molecule has 1 aliphatic rings. The van der Waals surface area contributed by atoms with Crippen molar-refractivity contribution >= 4 is 39.2 Å². The number of hydrogen-bond donors (Lipinski definition) is 1. The second kappa shape index (κ2) is 10.1. The summed E-state index contributed by atoms with van der Waals surface area (Å²) in [5.41, 5.74) is 1.83. The van der Waals surface area contributed by atoms with Gasteiger partial charge >= 0.3 is 11.8 Å². The van der Waals surface area contributed by atoms with Crippen LogP contribution in [0.5, 0.6) is 0 Å². The van der Waals surface area contributed by atoms with E-state index >= 15 is 0 Å². The first-order valence-electron chi connectivity index (χ1n) is 12.0. The molecule has 10 heteroatoms. The number of carbonyl (C=O) groups is 2. The van der Waals surface area contributed by atoms with Crippen LogP contribution in [0, 0.1) is 6.92 Å². The van der Waals surface area contributed by atoms with E-state index in [1.54, 1.807) is 48.2 Å². The summed E-state index contributed by atoms with van der Waals surface area (Å²) in [6.07, 6.45) is 0.0357. The zero-order valence-corrected chi connectivity index (χ0v) is 21.3. The number of aromatic nitrogens is 2. The first-order valence-corrected chi connectivity index (χ1v) is 12.8. The van der Waals surface area contributed by atoms with E-state index in [0.717, 1.165) is 20.6 Å². The predicted molar refractivity (Wildman–Crippen MR) is 143 cm³/mol. The quantitative estimate of drug-likeness (QED) is 0.434. The maximum atomic E-state index is 13.7. The molecular weight excluding hydrogens is 492 g/mol. The summed E-state index contributed by atoms with van der Waals surface area (Å²) in [4.78, 5) is 55.6. The fourth-order valence-electron chi connectivity index (χ4n) is 4.59. The van der Waals surface area contributed by atoms with Crippen LogP contribution in [0.4, 0.5) is 10.5 Å². The van der Waals surface area contributed by atoms with E-state index in [1.807, 2.05) is 25.1 Å². The molecule has 0 saturated heterocycles. The minimum absolute atomic E-state index is 0.266. The highest BCUT2D eigenvalue weighted by atomic mass is 32.1. The molecule has 0 saturated carbocycles. The number of aryl methyl sites for hydroxylation is 1. The summed E-state index contributed by atoms with van der Waals surface area (Å²) in [7, 11) is 0. The van der Waals surface area contributed by atoms with Crippen molar-refractivity contribution in [1.29, 1.82) is 0 Å². The summed E-state index contributed by atoms with van der Waals surface area (Å²) >= 11 is 1.27. The maximum absolute atomic E-state index is 13.7. The Morgan fingerprint density at radius 2 is 1.86 bits per heavy atom. The first kappa shape index (κ1) is 24.5. The van der Waals surface area contributed by atoms with Gasteiger partial charge in [0.2, 0.25) is 5.91 Å². The number of hydrogen-bond acceptors (Lipinski definition) is 6. The van der Waals surface area contributed by atoms with E-state index < -0.39 is 17.3 Å². The summed E-state index contributed by atoms with van der Waals surface area (Å²) in [6, 6.07) is 16.1. The third-order valence-corrected chi connectivity index (χ3v) is 7.51. The van der Waals surface area contributed by atoms with Gasteiger partial charge in [-0.25, -0.2) is 14.2 Å². The molecule has 1 aliphatic heterocycles. The van der Waals surface area contributed by atoms with Crippen molar-refractivity contribution in [3.05, 3.63) is 91.4 Å². The number of nitrogens with zero attached hydrogens (tertiary/aromatic N) is 3. The number of ether oxygens (including phenoxy) is 1. The molecule has 4 aromatic rings. The molecular formula is C27H26N4O5S. The minimum atomic E-state index is -0.594. The van der Waals surface area contributed by atoms with E-state index in [9.17, 15) is 19.2 Å². The van der Waals surface area contributed by atoms with Gasteiger partial charge in [0, 0.05) is 17.1 Å². The lowest BCUT2D eigenvalue weighted by atomic mass is 10.1. The topological polar surface area (TPSA) is 103 Å². The molecule has 37 heavy (non-hydrogen) atoms. The molecule has 190 valence electrons. The van der Waals surface area contributed by atoms with Crippen molar-refractivity contribution < 1.29 is 14.3 Å². The average Bonchev–Trinajstić information content (AvgIpc) is 3.26. The van der Waals surface area contributed by atoms with Crippen LogP contribution < -0.4 is 16.6 Å².